The van der Waals surface area contributed by atoms with E-state index in [1.54, 1.807) is 41.8 Å². The SMILES string of the molecule is CC1OC1c1ccc(-c2ccc3ncc(S)c(Nc4ccccc4C(=O)O)c3c2)s1. The Hall–Kier alpha value is -2.87. The number of aromatic nitrogens is 1. The van der Waals surface area contributed by atoms with Gasteiger partial charge in [-0.05, 0) is 48.9 Å². The molecular formula is C23H18N2O3S2. The molecular weight excluding hydrogens is 416 g/mol. The highest BCUT2D eigenvalue weighted by atomic mass is 32.1. The number of benzene rings is 2. The van der Waals surface area contributed by atoms with Crippen LogP contribution >= 0.6 is 24.0 Å². The van der Waals surface area contributed by atoms with Gasteiger partial charge < -0.3 is 15.2 Å². The average molecular weight is 435 g/mol. The second-order valence-electron chi connectivity index (χ2n) is 7.19. The quantitative estimate of drug-likeness (QED) is 0.259. The van der Waals surface area contributed by atoms with Crippen LogP contribution in [0.25, 0.3) is 21.3 Å². The maximum absolute atomic E-state index is 11.6. The van der Waals surface area contributed by atoms with Gasteiger partial charge in [-0.2, -0.15) is 0 Å². The van der Waals surface area contributed by atoms with E-state index in [4.69, 9.17) is 4.74 Å². The standard InChI is InChI=1S/C23H18N2O3S2/c1-12-22(28-12)20-9-8-19(30-20)13-6-7-16-15(10-13)21(18(29)11-24-16)25-17-5-3-2-4-14(17)23(26)27/h2-12,22,29H,1H3,(H,24,25)(H,26,27). The zero-order valence-corrected chi connectivity index (χ0v) is 17.7. The van der Waals surface area contributed by atoms with Crippen molar-refractivity contribution >= 4 is 52.2 Å². The molecule has 0 saturated carbocycles. The maximum atomic E-state index is 11.6. The first-order valence-corrected chi connectivity index (χ1v) is 10.7. The fraction of sp³-hybridized carbons (Fsp3) is 0.130. The van der Waals surface area contributed by atoms with E-state index in [1.807, 2.05) is 6.07 Å². The van der Waals surface area contributed by atoms with Crippen molar-refractivity contribution in [3.63, 3.8) is 0 Å². The molecule has 0 spiro atoms. The number of nitrogens with one attached hydrogen (secondary N) is 1. The molecule has 150 valence electrons. The third-order valence-electron chi connectivity index (χ3n) is 5.17. The number of fused-ring (bicyclic) bond motifs is 1. The van der Waals surface area contributed by atoms with Gasteiger partial charge in [-0.15, -0.1) is 24.0 Å². The molecule has 7 heteroatoms. The molecule has 1 saturated heterocycles. The fourth-order valence-electron chi connectivity index (χ4n) is 3.53. The number of hydrogen-bond acceptors (Lipinski definition) is 6. The Kier molecular flexibility index (Phi) is 4.73. The molecule has 0 bridgehead atoms. The van der Waals surface area contributed by atoms with Crippen LogP contribution in [0, 0.1) is 0 Å². The molecule has 1 aliphatic heterocycles. The smallest absolute Gasteiger partial charge is 0.337 e. The van der Waals surface area contributed by atoms with Gasteiger partial charge in [-0.1, -0.05) is 18.2 Å². The lowest BCUT2D eigenvalue weighted by Gasteiger charge is -2.14. The number of ether oxygens (including phenoxy) is 1. The number of carbonyl (C=O) groups is 1. The zero-order valence-electron chi connectivity index (χ0n) is 16.0. The highest BCUT2D eigenvalue weighted by Gasteiger charge is 2.36. The third kappa shape index (κ3) is 3.45. The molecule has 3 heterocycles. The van der Waals surface area contributed by atoms with E-state index in [2.05, 4.69) is 54.1 Å². The first kappa shape index (κ1) is 19.1. The van der Waals surface area contributed by atoms with Gasteiger partial charge in [0.15, 0.2) is 0 Å². The first-order valence-electron chi connectivity index (χ1n) is 9.48. The Morgan fingerprint density at radius 1 is 1.20 bits per heavy atom. The Morgan fingerprint density at radius 3 is 2.77 bits per heavy atom. The van der Waals surface area contributed by atoms with Gasteiger partial charge in [-0.3, -0.25) is 4.98 Å². The number of rotatable bonds is 5. The number of para-hydroxylation sites is 1. The van der Waals surface area contributed by atoms with Crippen LogP contribution in [0.5, 0.6) is 0 Å². The molecule has 5 rings (SSSR count). The minimum Gasteiger partial charge on any atom is -0.478 e. The largest absolute Gasteiger partial charge is 0.478 e. The van der Waals surface area contributed by atoms with E-state index in [0.717, 1.165) is 27.0 Å². The number of thiol groups is 1. The number of pyridine rings is 1. The van der Waals surface area contributed by atoms with Gasteiger partial charge in [0.2, 0.25) is 0 Å². The van der Waals surface area contributed by atoms with Gasteiger partial charge in [-0.25, -0.2) is 4.79 Å². The predicted molar refractivity (Wildman–Crippen MR) is 122 cm³/mol. The molecule has 0 aliphatic carbocycles. The molecule has 1 aliphatic rings. The molecule has 2 aromatic heterocycles. The molecule has 2 N–H and O–H groups in total. The first-order chi connectivity index (χ1) is 14.5. The van der Waals surface area contributed by atoms with Crippen LogP contribution < -0.4 is 5.32 Å². The molecule has 2 atom stereocenters. The van der Waals surface area contributed by atoms with Crippen LogP contribution in [-0.2, 0) is 4.74 Å². The zero-order chi connectivity index (χ0) is 20.8. The maximum Gasteiger partial charge on any atom is 0.337 e. The number of hydrogen-bond donors (Lipinski definition) is 3. The van der Waals surface area contributed by atoms with Gasteiger partial charge in [0, 0.05) is 26.2 Å². The van der Waals surface area contributed by atoms with Crippen molar-refractivity contribution in [2.24, 2.45) is 0 Å². The van der Waals surface area contributed by atoms with Crippen LogP contribution in [0.1, 0.15) is 28.3 Å². The van der Waals surface area contributed by atoms with Crippen LogP contribution in [0.3, 0.4) is 0 Å². The van der Waals surface area contributed by atoms with Crippen molar-refractivity contribution in [3.05, 3.63) is 71.2 Å². The second kappa shape index (κ2) is 7.43. The number of carboxylic acids is 1. The number of carboxylic acid groups (broad SMARTS) is 1. The van der Waals surface area contributed by atoms with Gasteiger partial charge in [0.05, 0.1) is 28.6 Å². The summed E-state index contributed by atoms with van der Waals surface area (Å²) in [6.45, 7) is 2.08. The number of aromatic carboxylic acids is 1. The lowest BCUT2D eigenvalue weighted by Crippen LogP contribution is -2.03. The topological polar surface area (TPSA) is 74.8 Å². The van der Waals surface area contributed by atoms with E-state index in [0.29, 0.717) is 10.6 Å². The van der Waals surface area contributed by atoms with Crippen molar-refractivity contribution in [2.75, 3.05) is 5.32 Å². The Bertz CT molecular complexity index is 1280. The molecule has 0 amide bonds. The molecule has 30 heavy (non-hydrogen) atoms. The second-order valence-corrected chi connectivity index (χ2v) is 8.79. The number of thiophene rings is 1. The highest BCUT2D eigenvalue weighted by Crippen LogP contribution is 2.44. The summed E-state index contributed by atoms with van der Waals surface area (Å²) in [6, 6.07) is 17.2. The number of nitrogens with zero attached hydrogens (tertiary/aromatic N) is 1. The van der Waals surface area contributed by atoms with E-state index < -0.39 is 5.97 Å². The summed E-state index contributed by atoms with van der Waals surface area (Å²) in [4.78, 5) is 19.1. The summed E-state index contributed by atoms with van der Waals surface area (Å²) in [5, 5.41) is 13.7. The van der Waals surface area contributed by atoms with Crippen LogP contribution in [0.2, 0.25) is 0 Å². The van der Waals surface area contributed by atoms with E-state index in [-0.39, 0.29) is 17.8 Å². The molecule has 1 fully saturated rings. The highest BCUT2D eigenvalue weighted by molar-refractivity contribution is 7.80. The van der Waals surface area contributed by atoms with Crippen molar-refractivity contribution in [2.45, 2.75) is 24.0 Å². The third-order valence-corrected chi connectivity index (χ3v) is 6.70. The minimum atomic E-state index is -0.986. The van der Waals surface area contributed by atoms with Gasteiger partial charge in [0.25, 0.3) is 0 Å². The summed E-state index contributed by atoms with van der Waals surface area (Å²) in [5.41, 5.74) is 3.32. The number of epoxide rings is 1. The normalized spacial score (nSPS) is 17.8. The van der Waals surface area contributed by atoms with Crippen LogP contribution in [-0.4, -0.2) is 22.2 Å². The summed E-state index contributed by atoms with van der Waals surface area (Å²) in [6.07, 6.45) is 2.17. The lowest BCUT2D eigenvalue weighted by atomic mass is 10.1. The Labute approximate surface area is 182 Å². The summed E-state index contributed by atoms with van der Waals surface area (Å²) < 4.78 is 5.59. The van der Waals surface area contributed by atoms with E-state index in [9.17, 15) is 9.90 Å². The van der Waals surface area contributed by atoms with E-state index >= 15 is 0 Å². The van der Waals surface area contributed by atoms with Crippen molar-refractivity contribution in [1.82, 2.24) is 4.98 Å². The van der Waals surface area contributed by atoms with Crippen LogP contribution in [0.15, 0.2) is 65.7 Å². The summed E-state index contributed by atoms with van der Waals surface area (Å²) in [5.74, 6) is -0.986. The number of anilines is 2. The molecule has 0 radical (unpaired) electrons. The van der Waals surface area contributed by atoms with Gasteiger partial charge >= 0.3 is 5.97 Å². The molecule has 5 nitrogen and oxygen atoms in total. The van der Waals surface area contributed by atoms with Crippen molar-refractivity contribution in [3.8, 4) is 10.4 Å². The minimum absolute atomic E-state index is 0.202. The molecule has 2 unspecified atom stereocenters. The van der Waals surface area contributed by atoms with Crippen molar-refractivity contribution < 1.29 is 14.6 Å². The average Bonchev–Trinajstić information content (AvgIpc) is 3.27. The Morgan fingerprint density at radius 2 is 2.00 bits per heavy atom. The predicted octanol–water partition coefficient (Wildman–Crippen LogP) is 6.15. The van der Waals surface area contributed by atoms with Gasteiger partial charge in [0.1, 0.15) is 6.10 Å². The summed E-state index contributed by atoms with van der Waals surface area (Å²) >= 11 is 6.30. The van der Waals surface area contributed by atoms with Crippen molar-refractivity contribution in [1.29, 1.82) is 0 Å². The molecule has 2 aromatic carbocycles. The molecule has 4 aromatic rings. The summed E-state index contributed by atoms with van der Waals surface area (Å²) in [7, 11) is 0. The Balaban J connectivity index is 1.58. The monoisotopic (exact) mass is 434 g/mol. The van der Waals surface area contributed by atoms with E-state index in [1.165, 1.54) is 4.88 Å². The fourth-order valence-corrected chi connectivity index (χ4v) is 4.89. The van der Waals surface area contributed by atoms with Crippen LogP contribution in [0.4, 0.5) is 11.4 Å². The lowest BCUT2D eigenvalue weighted by molar-refractivity contribution is 0.0698.